The molecule has 14 heteroatoms. The van der Waals surface area contributed by atoms with E-state index in [2.05, 4.69) is 11.9 Å². The van der Waals surface area contributed by atoms with Crippen molar-refractivity contribution in [2.75, 3.05) is 46.3 Å². The standard InChI is InChI=1S/C8H17N2.C6H3N3O7.2BrH/c1-10-6-2-3-9(4-7-10)5-8-10;10-6-4(8(13)14)1-3(7(11)12)2-5(6)9(15)16;;/h2-8H2,1H3;1-2,10H;2*1H/q+1;;;/p-1. The molecule has 28 heavy (non-hydrogen) atoms. The molecule has 12 nitrogen and oxygen atoms in total. The van der Waals surface area contributed by atoms with Gasteiger partial charge in [-0.25, -0.2) is 0 Å². The van der Waals surface area contributed by atoms with Gasteiger partial charge in [0.1, 0.15) is 0 Å². The van der Waals surface area contributed by atoms with Crippen LogP contribution in [0.25, 0.3) is 0 Å². The van der Waals surface area contributed by atoms with Crippen LogP contribution in [0.3, 0.4) is 0 Å². The zero-order chi connectivity index (χ0) is 19.5. The van der Waals surface area contributed by atoms with Gasteiger partial charge in [0.15, 0.2) is 0 Å². The Bertz CT molecular complexity index is 700. The summed E-state index contributed by atoms with van der Waals surface area (Å²) in [6.07, 6.45) is 1.41. The van der Waals surface area contributed by atoms with E-state index >= 15 is 0 Å². The number of rotatable bonds is 3. The normalized spacial score (nSPS) is 22.4. The molecule has 0 atom stereocenters. The summed E-state index contributed by atoms with van der Waals surface area (Å²) in [5, 5.41) is 40.2. The van der Waals surface area contributed by atoms with E-state index in [1.807, 2.05) is 0 Å². The highest BCUT2D eigenvalue weighted by Gasteiger charge is 2.31. The molecule has 0 amide bonds. The minimum absolute atomic E-state index is 0. The molecule has 0 saturated carbocycles. The van der Waals surface area contributed by atoms with Gasteiger partial charge in [-0.2, -0.15) is 0 Å². The SMILES string of the molecule is Br.C[N+]12CCCN(CC1)CC2.O=[N+]([O-])c1cc([N+](=O)[O-])c(O)c([N+](=O)[O-])c1.[Br-]. The molecule has 2 bridgehead atoms. The molecule has 158 valence electrons. The van der Waals surface area contributed by atoms with E-state index in [9.17, 15) is 30.3 Å². The van der Waals surface area contributed by atoms with E-state index in [1.54, 1.807) is 0 Å². The van der Waals surface area contributed by atoms with Crippen molar-refractivity contribution in [1.29, 1.82) is 0 Å². The number of nitro groups is 3. The number of phenolic OH excluding ortho intramolecular Hbond substituents is 1. The van der Waals surface area contributed by atoms with Crippen molar-refractivity contribution < 1.29 is 41.3 Å². The lowest BCUT2D eigenvalue weighted by Crippen LogP contribution is -3.00. The molecule has 0 aliphatic carbocycles. The Labute approximate surface area is 181 Å². The summed E-state index contributed by atoms with van der Waals surface area (Å²) in [6, 6.07) is 0.894. The number of benzene rings is 1. The molecule has 3 fully saturated rings. The molecule has 0 aromatic heterocycles. The number of hydrogen-bond acceptors (Lipinski definition) is 8. The first kappa shape index (κ1) is 26.1. The summed E-state index contributed by atoms with van der Waals surface area (Å²) in [6.45, 7) is 8.23. The van der Waals surface area contributed by atoms with Gasteiger partial charge >= 0.3 is 11.4 Å². The molecule has 3 heterocycles. The maximum absolute atomic E-state index is 10.4. The highest BCUT2D eigenvalue weighted by Crippen LogP contribution is 2.38. The Morgan fingerprint density at radius 2 is 1.39 bits per heavy atom. The maximum atomic E-state index is 10.4. The van der Waals surface area contributed by atoms with Crippen molar-refractivity contribution in [2.45, 2.75) is 6.42 Å². The number of nitrogens with zero attached hydrogens (tertiary/aromatic N) is 5. The molecule has 0 spiro atoms. The molecule has 1 aromatic rings. The van der Waals surface area contributed by atoms with Crippen LogP contribution in [-0.4, -0.2) is 75.6 Å². The van der Waals surface area contributed by atoms with Gasteiger partial charge in [-0.05, 0) is 0 Å². The summed E-state index contributed by atoms with van der Waals surface area (Å²) in [7, 11) is 2.41. The van der Waals surface area contributed by atoms with E-state index in [4.69, 9.17) is 5.11 Å². The third kappa shape index (κ3) is 6.32. The minimum Gasteiger partial charge on any atom is -1.00 e. The van der Waals surface area contributed by atoms with Crippen molar-refractivity contribution in [2.24, 2.45) is 0 Å². The van der Waals surface area contributed by atoms with Crippen LogP contribution in [-0.2, 0) is 0 Å². The first-order chi connectivity index (χ1) is 12.1. The molecule has 1 aromatic carbocycles. The van der Waals surface area contributed by atoms with Crippen molar-refractivity contribution >= 4 is 34.0 Å². The number of hydrogen-bond donors (Lipinski definition) is 1. The number of non-ortho nitro benzene ring substituents is 1. The summed E-state index contributed by atoms with van der Waals surface area (Å²) >= 11 is 0. The first-order valence-corrected chi connectivity index (χ1v) is 7.99. The highest BCUT2D eigenvalue weighted by molar-refractivity contribution is 8.93. The van der Waals surface area contributed by atoms with Crippen molar-refractivity contribution in [3.05, 3.63) is 42.5 Å². The summed E-state index contributed by atoms with van der Waals surface area (Å²) in [5.41, 5.74) is -3.00. The van der Waals surface area contributed by atoms with Crippen molar-refractivity contribution in [3.8, 4) is 5.75 Å². The second-order valence-electron chi connectivity index (χ2n) is 6.59. The van der Waals surface area contributed by atoms with E-state index < -0.39 is 37.6 Å². The molecule has 0 unspecified atom stereocenters. The fourth-order valence-corrected chi connectivity index (χ4v) is 3.09. The largest absolute Gasteiger partial charge is 1.00 e. The molecule has 1 N–H and O–H groups in total. The van der Waals surface area contributed by atoms with Gasteiger partial charge in [-0.1, -0.05) is 0 Å². The fourth-order valence-electron chi connectivity index (χ4n) is 3.09. The second kappa shape index (κ2) is 10.6. The van der Waals surface area contributed by atoms with Crippen LogP contribution < -0.4 is 17.0 Å². The number of nitro benzene ring substituents is 3. The van der Waals surface area contributed by atoms with Gasteiger partial charge in [-0.3, -0.25) is 35.2 Å². The Hall–Kier alpha value is -1.90. The number of quaternary nitrogens is 1. The monoisotopic (exact) mass is 529 g/mol. The second-order valence-corrected chi connectivity index (χ2v) is 6.59. The number of fused-ring (bicyclic) bond motifs is 4. The van der Waals surface area contributed by atoms with E-state index in [0.29, 0.717) is 12.1 Å². The summed E-state index contributed by atoms with van der Waals surface area (Å²) in [4.78, 5) is 30.4. The average molecular weight is 531 g/mol. The quantitative estimate of drug-likeness (QED) is 0.292. The van der Waals surface area contributed by atoms with Crippen molar-refractivity contribution in [1.82, 2.24) is 4.90 Å². The zero-order valence-corrected chi connectivity index (χ0v) is 18.3. The smallest absolute Gasteiger partial charge is 0.324 e. The Morgan fingerprint density at radius 3 is 1.79 bits per heavy atom. The molecule has 4 rings (SSSR count). The van der Waals surface area contributed by atoms with Crippen LogP contribution in [0.15, 0.2) is 12.1 Å². The number of likely N-dealkylation sites (N-methyl/N-ethyl adjacent to an activating group) is 1. The van der Waals surface area contributed by atoms with Crippen LogP contribution >= 0.6 is 17.0 Å². The molecule has 3 saturated heterocycles. The molecule has 0 radical (unpaired) electrons. The average Bonchev–Trinajstić information content (AvgIpc) is 2.86. The number of phenols is 1. The predicted molar refractivity (Wildman–Crippen MR) is 100 cm³/mol. The predicted octanol–water partition coefficient (Wildman–Crippen LogP) is -1.15. The zero-order valence-electron chi connectivity index (χ0n) is 15.0. The number of halogens is 2. The van der Waals surface area contributed by atoms with Gasteiger partial charge in [0.05, 0.1) is 53.6 Å². The van der Waals surface area contributed by atoms with Gasteiger partial charge < -0.3 is 26.6 Å². The lowest BCUT2D eigenvalue weighted by atomic mass is 10.2. The lowest BCUT2D eigenvalue weighted by molar-refractivity contribution is -0.910. The van der Waals surface area contributed by atoms with Crippen LogP contribution in [0, 0.1) is 30.3 Å². The van der Waals surface area contributed by atoms with Crippen LogP contribution in [0.5, 0.6) is 5.75 Å². The number of piperazine rings is 1. The molecular weight excluding hydrogens is 510 g/mol. The highest BCUT2D eigenvalue weighted by atomic mass is 79.9. The van der Waals surface area contributed by atoms with Crippen LogP contribution in [0.4, 0.5) is 17.1 Å². The lowest BCUT2D eigenvalue weighted by Gasteiger charge is -2.37. The Morgan fingerprint density at radius 1 is 0.929 bits per heavy atom. The molecule has 3 aliphatic heterocycles. The minimum atomic E-state index is -1.21. The van der Waals surface area contributed by atoms with Gasteiger partial charge in [0, 0.05) is 26.1 Å². The maximum Gasteiger partial charge on any atom is 0.324 e. The van der Waals surface area contributed by atoms with Crippen molar-refractivity contribution in [3.63, 3.8) is 0 Å². The summed E-state index contributed by atoms with van der Waals surface area (Å²) in [5.74, 6) is -1.21. The van der Waals surface area contributed by atoms with Crippen LogP contribution in [0.1, 0.15) is 6.42 Å². The third-order valence-electron chi connectivity index (χ3n) is 4.74. The fraction of sp³-hybridized carbons (Fsp3) is 0.571. The first-order valence-electron chi connectivity index (χ1n) is 7.99. The van der Waals surface area contributed by atoms with E-state index in [-0.39, 0.29) is 34.0 Å². The van der Waals surface area contributed by atoms with Gasteiger partial charge in [-0.15, -0.1) is 17.0 Å². The van der Waals surface area contributed by atoms with Gasteiger partial charge in [0.2, 0.25) is 0 Å². The Kier molecular flexibility index (Phi) is 9.87. The van der Waals surface area contributed by atoms with E-state index in [0.717, 1.165) is 0 Å². The van der Waals surface area contributed by atoms with Crippen LogP contribution in [0.2, 0.25) is 0 Å². The summed E-state index contributed by atoms with van der Waals surface area (Å²) < 4.78 is 1.34. The topological polar surface area (TPSA) is 153 Å². The third-order valence-corrected chi connectivity index (χ3v) is 4.74. The number of aromatic hydroxyl groups is 1. The van der Waals surface area contributed by atoms with Gasteiger partial charge in [0.25, 0.3) is 11.4 Å². The molecule has 3 aliphatic rings. The Balaban J connectivity index is 0.000000525. The van der Waals surface area contributed by atoms with E-state index in [1.165, 1.54) is 50.2 Å². The molecular formula is C14H21Br2N5O7.